The van der Waals surface area contributed by atoms with Crippen molar-refractivity contribution >= 4 is 23.4 Å². The second-order valence-electron chi connectivity index (χ2n) is 1.56. The molecule has 0 saturated heterocycles. The van der Waals surface area contributed by atoms with Crippen LogP contribution in [-0.2, 0) is 9.59 Å². The molecule has 0 aromatic heterocycles. The number of hydrogen-bond donors (Lipinski definition) is 2. The number of alkyl halides is 1. The fourth-order valence-electron chi connectivity index (χ4n) is 0.289. The number of nitriles is 1. The maximum Gasteiger partial charge on any atom is 0.253 e. The maximum absolute atomic E-state index is 10.5. The van der Waals surface area contributed by atoms with Gasteiger partial charge in [0.15, 0.2) is 0 Å². The molecule has 0 aromatic carbocycles. The summed E-state index contributed by atoms with van der Waals surface area (Å²) in [6, 6.07) is 1.61. The molecule has 0 heterocycles. The molecule has 5 nitrogen and oxygen atoms in total. The van der Waals surface area contributed by atoms with Gasteiger partial charge in [0.1, 0.15) is 12.3 Å². The van der Waals surface area contributed by atoms with Gasteiger partial charge in [-0.2, -0.15) is 5.26 Å². The van der Waals surface area contributed by atoms with E-state index < -0.39 is 11.8 Å². The van der Waals surface area contributed by atoms with E-state index in [0.717, 1.165) is 0 Å². The first-order valence-corrected chi connectivity index (χ1v) is 3.24. The van der Waals surface area contributed by atoms with Crippen LogP contribution in [0.4, 0.5) is 0 Å². The predicted octanol–water partition coefficient (Wildman–Crippen LogP) is -0.714. The van der Waals surface area contributed by atoms with Crippen molar-refractivity contribution in [2.24, 2.45) is 0 Å². The summed E-state index contributed by atoms with van der Waals surface area (Å²) in [6.07, 6.45) is -0.289. The van der Waals surface area contributed by atoms with E-state index in [2.05, 4.69) is 0 Å². The largest absolute Gasteiger partial charge is 0.272 e. The minimum absolute atomic E-state index is 0.229. The van der Waals surface area contributed by atoms with Crippen molar-refractivity contribution < 1.29 is 9.59 Å². The Labute approximate surface area is 68.3 Å². The first kappa shape index (κ1) is 9.72. The summed E-state index contributed by atoms with van der Waals surface area (Å²) >= 11 is 5.08. The molecule has 2 amide bonds. The fourth-order valence-corrected chi connectivity index (χ4v) is 0.356. The molecule has 0 rings (SSSR count). The van der Waals surface area contributed by atoms with Gasteiger partial charge in [0.05, 0.1) is 6.07 Å². The summed E-state index contributed by atoms with van der Waals surface area (Å²) in [6.45, 7) is 0. The minimum atomic E-state index is -0.564. The third kappa shape index (κ3) is 5.18. The summed E-state index contributed by atoms with van der Waals surface area (Å²) in [5.74, 6) is -1.31. The molecule has 0 bridgehead atoms. The Bertz CT molecular complexity index is 198. The van der Waals surface area contributed by atoms with Crippen molar-refractivity contribution in [1.82, 2.24) is 10.9 Å². The Hall–Kier alpha value is -1.28. The molecular weight excluding hydrogens is 170 g/mol. The third-order valence-electron chi connectivity index (χ3n) is 0.702. The van der Waals surface area contributed by atoms with Crippen LogP contribution in [0.15, 0.2) is 0 Å². The van der Waals surface area contributed by atoms with Crippen LogP contribution >= 0.6 is 11.6 Å². The highest BCUT2D eigenvalue weighted by molar-refractivity contribution is 6.27. The maximum atomic E-state index is 10.5. The summed E-state index contributed by atoms with van der Waals surface area (Å²) < 4.78 is 0. The number of hydrogen-bond acceptors (Lipinski definition) is 3. The Morgan fingerprint density at radius 3 is 2.36 bits per heavy atom. The average Bonchev–Trinajstić information content (AvgIpc) is 2.01. The van der Waals surface area contributed by atoms with Crippen LogP contribution in [-0.4, -0.2) is 17.7 Å². The van der Waals surface area contributed by atoms with Crippen molar-refractivity contribution in [2.75, 3.05) is 5.88 Å². The number of halogens is 1. The van der Waals surface area contributed by atoms with Gasteiger partial charge in [0.25, 0.3) is 11.8 Å². The molecule has 0 aliphatic rings. The van der Waals surface area contributed by atoms with Crippen LogP contribution in [0.25, 0.3) is 0 Å². The van der Waals surface area contributed by atoms with Crippen molar-refractivity contribution in [3.05, 3.63) is 0 Å². The predicted molar refractivity (Wildman–Crippen MR) is 37.2 cm³/mol. The Balaban J connectivity index is 3.47. The highest BCUT2D eigenvalue weighted by Crippen LogP contribution is 1.74. The highest BCUT2D eigenvalue weighted by atomic mass is 35.5. The van der Waals surface area contributed by atoms with E-state index in [4.69, 9.17) is 16.9 Å². The molecule has 11 heavy (non-hydrogen) atoms. The summed E-state index contributed by atoms with van der Waals surface area (Å²) in [4.78, 5) is 20.9. The second kappa shape index (κ2) is 5.50. The van der Waals surface area contributed by atoms with E-state index in [-0.39, 0.29) is 12.3 Å². The number of rotatable bonds is 2. The smallest absolute Gasteiger partial charge is 0.253 e. The summed E-state index contributed by atoms with van der Waals surface area (Å²) in [7, 11) is 0. The Morgan fingerprint density at radius 2 is 1.91 bits per heavy atom. The van der Waals surface area contributed by atoms with Gasteiger partial charge in [-0.05, 0) is 0 Å². The second-order valence-corrected chi connectivity index (χ2v) is 1.83. The monoisotopic (exact) mass is 175 g/mol. The van der Waals surface area contributed by atoms with Crippen LogP contribution < -0.4 is 10.9 Å². The van der Waals surface area contributed by atoms with Gasteiger partial charge in [0.2, 0.25) is 0 Å². The number of amides is 2. The third-order valence-corrected chi connectivity index (χ3v) is 0.945. The lowest BCUT2D eigenvalue weighted by molar-refractivity contribution is -0.127. The van der Waals surface area contributed by atoms with Crippen LogP contribution in [0.2, 0.25) is 0 Å². The Morgan fingerprint density at radius 1 is 1.36 bits per heavy atom. The van der Waals surface area contributed by atoms with E-state index in [1.165, 1.54) is 0 Å². The lowest BCUT2D eigenvalue weighted by Gasteiger charge is -2.01. The first-order chi connectivity index (χ1) is 5.20. The molecule has 0 aliphatic carbocycles. The summed E-state index contributed by atoms with van der Waals surface area (Å²) in [5.41, 5.74) is 3.98. The van der Waals surface area contributed by atoms with Gasteiger partial charge in [-0.15, -0.1) is 11.6 Å². The topological polar surface area (TPSA) is 82.0 Å². The zero-order valence-corrected chi connectivity index (χ0v) is 6.31. The van der Waals surface area contributed by atoms with Crippen molar-refractivity contribution in [2.45, 2.75) is 6.42 Å². The lowest BCUT2D eigenvalue weighted by Crippen LogP contribution is -2.41. The molecule has 0 spiro atoms. The van der Waals surface area contributed by atoms with E-state index in [1.54, 1.807) is 6.07 Å². The molecule has 0 saturated carbocycles. The zero-order valence-electron chi connectivity index (χ0n) is 5.56. The SMILES string of the molecule is N#CCC(=O)NNC(=O)CCl. The Kier molecular flexibility index (Phi) is 4.86. The highest BCUT2D eigenvalue weighted by Gasteiger charge is 2.00. The van der Waals surface area contributed by atoms with Crippen LogP contribution in [0.1, 0.15) is 6.42 Å². The number of carbonyl (C=O) groups excluding carboxylic acids is 2. The minimum Gasteiger partial charge on any atom is -0.272 e. The van der Waals surface area contributed by atoms with Crippen molar-refractivity contribution in [3.63, 3.8) is 0 Å². The number of nitrogens with zero attached hydrogens (tertiary/aromatic N) is 1. The first-order valence-electron chi connectivity index (χ1n) is 2.71. The molecule has 2 N–H and O–H groups in total. The van der Waals surface area contributed by atoms with Crippen LogP contribution in [0, 0.1) is 11.3 Å². The quantitative estimate of drug-likeness (QED) is 0.430. The van der Waals surface area contributed by atoms with Crippen LogP contribution in [0.3, 0.4) is 0 Å². The standard InChI is InChI=1S/C5H6ClN3O2/c6-3-5(11)9-8-4(10)1-2-7/h1,3H2,(H,8,10)(H,9,11). The number of nitrogens with one attached hydrogen (secondary N) is 2. The molecule has 0 fully saturated rings. The summed E-state index contributed by atoms with van der Waals surface area (Å²) in [5, 5.41) is 8.01. The van der Waals surface area contributed by atoms with E-state index in [0.29, 0.717) is 0 Å². The van der Waals surface area contributed by atoms with E-state index in [1.807, 2.05) is 10.9 Å². The molecule has 0 aromatic rings. The number of hydrazine groups is 1. The molecule has 0 unspecified atom stereocenters. The van der Waals surface area contributed by atoms with Crippen LogP contribution in [0.5, 0.6) is 0 Å². The normalized spacial score (nSPS) is 8.00. The molecule has 6 heteroatoms. The van der Waals surface area contributed by atoms with E-state index >= 15 is 0 Å². The van der Waals surface area contributed by atoms with Gasteiger partial charge in [-0.1, -0.05) is 0 Å². The molecule has 0 atom stereocenters. The van der Waals surface area contributed by atoms with Gasteiger partial charge in [0, 0.05) is 0 Å². The van der Waals surface area contributed by atoms with Gasteiger partial charge in [-0.25, -0.2) is 0 Å². The van der Waals surface area contributed by atoms with E-state index in [9.17, 15) is 9.59 Å². The van der Waals surface area contributed by atoms with Gasteiger partial charge < -0.3 is 0 Å². The molecule has 0 radical (unpaired) electrons. The van der Waals surface area contributed by atoms with Gasteiger partial charge >= 0.3 is 0 Å². The lowest BCUT2D eigenvalue weighted by atomic mass is 10.5. The molecule has 60 valence electrons. The average molecular weight is 176 g/mol. The van der Waals surface area contributed by atoms with Gasteiger partial charge in [-0.3, -0.25) is 20.4 Å². The molecular formula is C5H6ClN3O2. The zero-order chi connectivity index (χ0) is 8.69. The van der Waals surface area contributed by atoms with Crippen molar-refractivity contribution in [1.29, 1.82) is 5.26 Å². The molecule has 0 aliphatic heterocycles. The van der Waals surface area contributed by atoms with Crippen molar-refractivity contribution in [3.8, 4) is 6.07 Å². The number of carbonyl (C=O) groups is 2. The fraction of sp³-hybridized carbons (Fsp3) is 0.400.